The Morgan fingerprint density at radius 2 is 1.72 bits per heavy atom. The summed E-state index contributed by atoms with van der Waals surface area (Å²) in [5, 5.41) is 6.16. The molecule has 2 rings (SSSR count). The van der Waals surface area contributed by atoms with Crippen molar-refractivity contribution < 1.29 is 17.9 Å². The van der Waals surface area contributed by atoms with Crippen molar-refractivity contribution in [3.8, 4) is 11.5 Å². The molecule has 1 aromatic heterocycles. The molecule has 9 nitrogen and oxygen atoms in total. The van der Waals surface area contributed by atoms with Crippen LogP contribution in [-0.2, 0) is 10.0 Å². The highest BCUT2D eigenvalue weighted by molar-refractivity contribution is 7.89. The number of rotatable bonds is 12. The van der Waals surface area contributed by atoms with E-state index in [0.29, 0.717) is 31.5 Å². The quantitative estimate of drug-likeness (QED) is 0.446. The van der Waals surface area contributed by atoms with Gasteiger partial charge in [0.2, 0.25) is 16.0 Å². The Balaban J connectivity index is 2.01. The number of hydrogen-bond acceptors (Lipinski definition) is 8. The molecule has 0 bridgehead atoms. The van der Waals surface area contributed by atoms with Crippen molar-refractivity contribution in [2.45, 2.75) is 32.6 Å². The minimum absolute atomic E-state index is 0.0732. The van der Waals surface area contributed by atoms with Crippen LogP contribution in [0.4, 0.5) is 11.8 Å². The van der Waals surface area contributed by atoms with Gasteiger partial charge in [-0.3, -0.25) is 0 Å². The first kappa shape index (κ1) is 22.7. The standard InChI is InChI=1S/C19H29N5O4S/c1-5-20-18-12-14(4)23-19(24-18)21-10-11-22-29(25,26)17-9-8-15(27-6-2)13-16(17)28-7-3/h8-9,12-13,22H,5-7,10-11H2,1-4H3,(H2,20,21,23,24). The van der Waals surface area contributed by atoms with Gasteiger partial charge in [0, 0.05) is 37.5 Å². The van der Waals surface area contributed by atoms with Gasteiger partial charge in [0.1, 0.15) is 22.2 Å². The first-order chi connectivity index (χ1) is 13.9. The zero-order chi connectivity index (χ0) is 21.3. The van der Waals surface area contributed by atoms with Crippen molar-refractivity contribution in [3.63, 3.8) is 0 Å². The maximum Gasteiger partial charge on any atom is 0.244 e. The zero-order valence-electron chi connectivity index (χ0n) is 17.3. The summed E-state index contributed by atoms with van der Waals surface area (Å²) in [5.74, 6) is 1.98. The molecule has 0 aliphatic rings. The molecule has 0 aliphatic heterocycles. The summed E-state index contributed by atoms with van der Waals surface area (Å²) in [5.41, 5.74) is 0.815. The van der Waals surface area contributed by atoms with Gasteiger partial charge in [0.15, 0.2) is 0 Å². The molecular weight excluding hydrogens is 394 g/mol. The Kier molecular flexibility index (Phi) is 8.47. The molecule has 3 N–H and O–H groups in total. The summed E-state index contributed by atoms with van der Waals surface area (Å²) in [6.45, 7) is 9.58. The van der Waals surface area contributed by atoms with Gasteiger partial charge in [-0.2, -0.15) is 4.98 Å². The van der Waals surface area contributed by atoms with E-state index in [1.165, 1.54) is 6.07 Å². The third-order valence-electron chi connectivity index (χ3n) is 3.73. The number of aromatic nitrogens is 2. The Labute approximate surface area is 172 Å². The molecule has 2 aromatic rings. The van der Waals surface area contributed by atoms with Gasteiger partial charge in [0.05, 0.1) is 13.2 Å². The Morgan fingerprint density at radius 1 is 0.966 bits per heavy atom. The molecule has 0 saturated carbocycles. The maximum atomic E-state index is 12.7. The van der Waals surface area contributed by atoms with Crippen LogP contribution in [0.15, 0.2) is 29.2 Å². The predicted octanol–water partition coefficient (Wildman–Crippen LogP) is 2.40. The van der Waals surface area contributed by atoms with Gasteiger partial charge in [0.25, 0.3) is 0 Å². The third-order valence-corrected chi connectivity index (χ3v) is 5.23. The number of hydrogen-bond donors (Lipinski definition) is 3. The molecule has 29 heavy (non-hydrogen) atoms. The minimum atomic E-state index is -3.75. The van der Waals surface area contributed by atoms with E-state index in [1.54, 1.807) is 19.1 Å². The van der Waals surface area contributed by atoms with Crippen molar-refractivity contribution in [1.82, 2.24) is 14.7 Å². The van der Waals surface area contributed by atoms with Crippen LogP contribution in [-0.4, -0.2) is 51.2 Å². The van der Waals surface area contributed by atoms with E-state index >= 15 is 0 Å². The molecular formula is C19H29N5O4S. The minimum Gasteiger partial charge on any atom is -0.494 e. The number of aryl methyl sites for hydroxylation is 1. The van der Waals surface area contributed by atoms with Gasteiger partial charge in [-0.15, -0.1) is 0 Å². The van der Waals surface area contributed by atoms with Gasteiger partial charge in [-0.25, -0.2) is 18.1 Å². The highest BCUT2D eigenvalue weighted by Gasteiger charge is 2.20. The summed E-state index contributed by atoms with van der Waals surface area (Å²) < 4.78 is 38.9. The van der Waals surface area contributed by atoms with Gasteiger partial charge < -0.3 is 20.1 Å². The molecule has 0 amide bonds. The molecule has 0 atom stereocenters. The van der Waals surface area contributed by atoms with E-state index in [4.69, 9.17) is 9.47 Å². The molecule has 0 fully saturated rings. The van der Waals surface area contributed by atoms with Crippen molar-refractivity contribution in [2.75, 3.05) is 43.5 Å². The second-order valence-electron chi connectivity index (χ2n) is 6.05. The van der Waals surface area contributed by atoms with E-state index < -0.39 is 10.0 Å². The molecule has 0 spiro atoms. The van der Waals surface area contributed by atoms with E-state index in [9.17, 15) is 8.42 Å². The number of nitrogens with one attached hydrogen (secondary N) is 3. The maximum absolute atomic E-state index is 12.7. The average Bonchev–Trinajstić information content (AvgIpc) is 2.66. The van der Waals surface area contributed by atoms with Crippen molar-refractivity contribution in [1.29, 1.82) is 0 Å². The van der Waals surface area contributed by atoms with E-state index in [2.05, 4.69) is 25.3 Å². The first-order valence-electron chi connectivity index (χ1n) is 9.62. The fourth-order valence-corrected chi connectivity index (χ4v) is 3.75. The predicted molar refractivity (Wildman–Crippen MR) is 113 cm³/mol. The Bertz CT molecular complexity index is 905. The number of sulfonamides is 1. The lowest BCUT2D eigenvalue weighted by molar-refractivity contribution is 0.317. The smallest absolute Gasteiger partial charge is 0.244 e. The second kappa shape index (κ2) is 10.8. The van der Waals surface area contributed by atoms with E-state index in [0.717, 1.165) is 18.1 Å². The Hall–Kier alpha value is -2.59. The SMILES string of the molecule is CCNc1cc(C)nc(NCCNS(=O)(=O)c2ccc(OCC)cc2OCC)n1. The highest BCUT2D eigenvalue weighted by atomic mass is 32.2. The van der Waals surface area contributed by atoms with Crippen molar-refractivity contribution >= 4 is 21.8 Å². The molecule has 0 radical (unpaired) electrons. The normalized spacial score (nSPS) is 11.2. The fraction of sp³-hybridized carbons (Fsp3) is 0.474. The molecule has 1 aromatic carbocycles. The monoisotopic (exact) mass is 423 g/mol. The molecule has 160 valence electrons. The van der Waals surface area contributed by atoms with Crippen LogP contribution in [0, 0.1) is 6.92 Å². The lowest BCUT2D eigenvalue weighted by atomic mass is 10.3. The first-order valence-corrected chi connectivity index (χ1v) is 11.1. The highest BCUT2D eigenvalue weighted by Crippen LogP contribution is 2.28. The van der Waals surface area contributed by atoms with Gasteiger partial charge in [-0.05, 0) is 39.8 Å². The van der Waals surface area contributed by atoms with Crippen LogP contribution in [0.1, 0.15) is 26.5 Å². The largest absolute Gasteiger partial charge is 0.494 e. The van der Waals surface area contributed by atoms with E-state index in [-0.39, 0.29) is 17.2 Å². The summed E-state index contributed by atoms with van der Waals surface area (Å²) in [4.78, 5) is 8.71. The Morgan fingerprint density at radius 3 is 2.41 bits per heavy atom. The molecule has 10 heteroatoms. The molecule has 1 heterocycles. The fourth-order valence-electron chi connectivity index (χ4n) is 2.59. The summed E-state index contributed by atoms with van der Waals surface area (Å²) >= 11 is 0. The van der Waals surface area contributed by atoms with Crippen LogP contribution >= 0.6 is 0 Å². The van der Waals surface area contributed by atoms with Crippen molar-refractivity contribution in [3.05, 3.63) is 30.0 Å². The topological polar surface area (TPSA) is 114 Å². The van der Waals surface area contributed by atoms with Crippen LogP contribution in [0.2, 0.25) is 0 Å². The molecule has 0 unspecified atom stereocenters. The summed E-state index contributed by atoms with van der Waals surface area (Å²) in [7, 11) is -3.75. The summed E-state index contributed by atoms with van der Waals surface area (Å²) in [6, 6.07) is 6.53. The van der Waals surface area contributed by atoms with Gasteiger partial charge in [-0.1, -0.05) is 0 Å². The van der Waals surface area contributed by atoms with E-state index in [1.807, 2.05) is 26.8 Å². The van der Waals surface area contributed by atoms with Crippen LogP contribution < -0.4 is 24.8 Å². The number of ether oxygens (including phenoxy) is 2. The summed E-state index contributed by atoms with van der Waals surface area (Å²) in [6.07, 6.45) is 0. The van der Waals surface area contributed by atoms with Crippen LogP contribution in [0.3, 0.4) is 0 Å². The van der Waals surface area contributed by atoms with Crippen LogP contribution in [0.5, 0.6) is 11.5 Å². The van der Waals surface area contributed by atoms with Gasteiger partial charge >= 0.3 is 0 Å². The number of nitrogens with zero attached hydrogens (tertiary/aromatic N) is 2. The lowest BCUT2D eigenvalue weighted by Crippen LogP contribution is -2.29. The van der Waals surface area contributed by atoms with Crippen molar-refractivity contribution in [2.24, 2.45) is 0 Å². The third kappa shape index (κ3) is 6.75. The van der Waals surface area contributed by atoms with Crippen LogP contribution in [0.25, 0.3) is 0 Å². The molecule has 0 saturated heterocycles. The molecule has 0 aliphatic carbocycles. The second-order valence-corrected chi connectivity index (χ2v) is 7.78. The lowest BCUT2D eigenvalue weighted by Gasteiger charge is -2.14. The zero-order valence-corrected chi connectivity index (χ0v) is 18.1. The number of anilines is 2. The number of benzene rings is 1. The average molecular weight is 424 g/mol.